The van der Waals surface area contributed by atoms with Crippen molar-refractivity contribution in [3.8, 4) is 0 Å². The number of carbonyl (C=O) groups is 2. The van der Waals surface area contributed by atoms with Crippen LogP contribution in [-0.2, 0) is 29.6 Å². The Balaban J connectivity index is 1.30. The first kappa shape index (κ1) is 36.4. The molecule has 0 aliphatic carbocycles. The van der Waals surface area contributed by atoms with Crippen LogP contribution in [0.1, 0.15) is 108 Å². The van der Waals surface area contributed by atoms with Crippen molar-refractivity contribution < 1.29 is 32.6 Å². The van der Waals surface area contributed by atoms with Crippen LogP contribution < -0.4 is 4.90 Å². The lowest BCUT2D eigenvalue weighted by Gasteiger charge is -2.24. The third-order valence-corrected chi connectivity index (χ3v) is 8.65. The number of carbonyl (C=O) groups excluding carboxylic acids is 2. The number of unbranched alkanes of at least 4 members (excludes halogenated alkanes) is 15. The standard InChI is InChI=1S/C33H55N2O6P/c1-35(2,3)27-29-41-42(38,39)40-28-19-17-15-13-11-9-7-5-4-6-8-10-12-14-16-18-20-30-21-23-31(24-22-30)34-32(36)25-26-33(34)37/h21-26H,4-20,27-29H2,1-3H3/p+1. The van der Waals surface area contributed by atoms with Gasteiger partial charge in [0.25, 0.3) is 11.8 Å². The average Bonchev–Trinajstić information content (AvgIpc) is 3.27. The molecule has 0 radical (unpaired) electrons. The molecule has 1 aliphatic heterocycles. The van der Waals surface area contributed by atoms with E-state index >= 15 is 0 Å². The topological polar surface area (TPSA) is 93.1 Å². The van der Waals surface area contributed by atoms with Crippen molar-refractivity contribution in [1.82, 2.24) is 0 Å². The van der Waals surface area contributed by atoms with Gasteiger partial charge in [-0.05, 0) is 37.0 Å². The van der Waals surface area contributed by atoms with E-state index < -0.39 is 7.82 Å². The zero-order valence-corrected chi connectivity index (χ0v) is 27.3. The Labute approximate surface area is 254 Å². The van der Waals surface area contributed by atoms with Crippen molar-refractivity contribution in [1.29, 1.82) is 0 Å². The molecule has 1 unspecified atom stereocenters. The van der Waals surface area contributed by atoms with Gasteiger partial charge in [0.1, 0.15) is 13.2 Å². The Morgan fingerprint density at radius 1 is 0.643 bits per heavy atom. The number of hydrogen-bond donors (Lipinski definition) is 1. The monoisotopic (exact) mass is 607 g/mol. The van der Waals surface area contributed by atoms with Gasteiger partial charge in [-0.25, -0.2) is 9.46 Å². The molecule has 9 heteroatoms. The lowest BCUT2D eigenvalue weighted by Crippen LogP contribution is -2.37. The molecule has 1 N–H and O–H groups in total. The van der Waals surface area contributed by atoms with Crippen molar-refractivity contribution in [2.45, 2.75) is 109 Å². The summed E-state index contributed by atoms with van der Waals surface area (Å²) in [5.41, 5.74) is 1.90. The Bertz CT molecular complexity index is 971. The molecule has 0 saturated carbocycles. The van der Waals surface area contributed by atoms with Crippen molar-refractivity contribution in [2.24, 2.45) is 0 Å². The summed E-state index contributed by atoms with van der Waals surface area (Å²) >= 11 is 0. The molecule has 2 amide bonds. The van der Waals surface area contributed by atoms with Crippen LogP contribution in [0.15, 0.2) is 36.4 Å². The Kier molecular flexibility index (Phi) is 17.5. The van der Waals surface area contributed by atoms with Crippen LogP contribution in [0.2, 0.25) is 0 Å². The van der Waals surface area contributed by atoms with Crippen LogP contribution in [-0.4, -0.2) is 62.1 Å². The normalized spacial score (nSPS) is 15.1. The molecule has 42 heavy (non-hydrogen) atoms. The maximum absolute atomic E-state index is 11.9. The minimum Gasteiger partial charge on any atom is -0.329 e. The van der Waals surface area contributed by atoms with Gasteiger partial charge in [-0.3, -0.25) is 18.6 Å². The van der Waals surface area contributed by atoms with Crippen molar-refractivity contribution in [2.75, 3.05) is 45.8 Å². The largest absolute Gasteiger partial charge is 0.472 e. The van der Waals surface area contributed by atoms with E-state index in [2.05, 4.69) is 0 Å². The van der Waals surface area contributed by atoms with Gasteiger partial charge in [0.15, 0.2) is 0 Å². The summed E-state index contributed by atoms with van der Waals surface area (Å²) in [5, 5.41) is 0. The average molecular weight is 608 g/mol. The highest BCUT2D eigenvalue weighted by molar-refractivity contribution is 7.47. The van der Waals surface area contributed by atoms with Crippen LogP contribution in [0, 0.1) is 0 Å². The van der Waals surface area contributed by atoms with Gasteiger partial charge in [-0.1, -0.05) is 102 Å². The molecule has 1 aromatic carbocycles. The lowest BCUT2D eigenvalue weighted by atomic mass is 10.0. The number of anilines is 1. The number of hydrogen-bond acceptors (Lipinski definition) is 5. The molecular formula is C33H56N2O6P+. The Morgan fingerprint density at radius 3 is 1.50 bits per heavy atom. The molecule has 0 fully saturated rings. The van der Waals surface area contributed by atoms with Gasteiger partial charge in [0.05, 0.1) is 33.4 Å². The minimum absolute atomic E-state index is 0.214. The van der Waals surface area contributed by atoms with E-state index in [1.807, 2.05) is 45.4 Å². The van der Waals surface area contributed by atoms with Gasteiger partial charge in [-0.15, -0.1) is 0 Å². The van der Waals surface area contributed by atoms with Crippen LogP contribution in [0.5, 0.6) is 0 Å². The third-order valence-electron chi connectivity index (χ3n) is 7.63. The number of benzene rings is 1. The van der Waals surface area contributed by atoms with E-state index in [0.717, 1.165) is 25.7 Å². The second-order valence-electron chi connectivity index (χ2n) is 12.6. The highest BCUT2D eigenvalue weighted by Gasteiger charge is 2.25. The number of aryl methyl sites for hydroxylation is 1. The number of rotatable bonds is 25. The molecule has 0 bridgehead atoms. The smallest absolute Gasteiger partial charge is 0.329 e. The van der Waals surface area contributed by atoms with Gasteiger partial charge in [-0.2, -0.15) is 0 Å². The number of quaternary nitrogens is 1. The van der Waals surface area contributed by atoms with Crippen LogP contribution in [0.3, 0.4) is 0 Å². The fourth-order valence-electron chi connectivity index (χ4n) is 5.02. The van der Waals surface area contributed by atoms with Crippen LogP contribution in [0.4, 0.5) is 5.69 Å². The van der Waals surface area contributed by atoms with Crippen molar-refractivity contribution in [3.05, 3.63) is 42.0 Å². The van der Waals surface area contributed by atoms with E-state index in [-0.39, 0.29) is 25.0 Å². The molecule has 8 nitrogen and oxygen atoms in total. The molecule has 1 atom stereocenters. The number of phosphoric acid groups is 1. The van der Waals surface area contributed by atoms with Gasteiger partial charge in [0, 0.05) is 12.2 Å². The predicted molar refractivity (Wildman–Crippen MR) is 170 cm³/mol. The van der Waals surface area contributed by atoms with E-state index in [9.17, 15) is 19.0 Å². The van der Waals surface area contributed by atoms with Crippen LogP contribution >= 0.6 is 7.82 Å². The summed E-state index contributed by atoms with van der Waals surface area (Å²) in [7, 11) is 2.11. The first-order chi connectivity index (χ1) is 20.1. The molecule has 0 spiro atoms. The second kappa shape index (κ2) is 20.2. The molecule has 0 saturated heterocycles. The van der Waals surface area contributed by atoms with Gasteiger partial charge >= 0.3 is 7.82 Å². The fourth-order valence-corrected chi connectivity index (χ4v) is 5.77. The van der Waals surface area contributed by atoms with Crippen molar-refractivity contribution in [3.63, 3.8) is 0 Å². The summed E-state index contributed by atoms with van der Waals surface area (Å²) in [6.45, 7) is 1.15. The molecule has 1 heterocycles. The molecule has 1 aromatic rings. The minimum atomic E-state index is -3.91. The SMILES string of the molecule is C[N+](C)(C)CCOP(=O)(O)OCCCCCCCCCCCCCCCCCCc1ccc(N2C(=O)C=CC2=O)cc1. The number of amides is 2. The van der Waals surface area contributed by atoms with Crippen LogP contribution in [0.25, 0.3) is 0 Å². The number of likely N-dealkylation sites (N-methyl/N-ethyl adjacent to an activating group) is 1. The number of nitrogens with zero attached hydrogens (tertiary/aromatic N) is 2. The number of phosphoric ester groups is 1. The fraction of sp³-hybridized carbons (Fsp3) is 0.697. The Hall–Kier alpha value is -1.83. The highest BCUT2D eigenvalue weighted by Crippen LogP contribution is 2.43. The summed E-state index contributed by atoms with van der Waals surface area (Å²) in [4.78, 5) is 34.5. The maximum atomic E-state index is 11.9. The van der Waals surface area contributed by atoms with Gasteiger partial charge in [0.2, 0.25) is 0 Å². The predicted octanol–water partition coefficient (Wildman–Crippen LogP) is 7.74. The van der Waals surface area contributed by atoms with E-state index in [1.165, 1.54) is 106 Å². The summed E-state index contributed by atoms with van der Waals surface area (Å²) in [6, 6.07) is 7.78. The first-order valence-corrected chi connectivity index (χ1v) is 17.6. The summed E-state index contributed by atoms with van der Waals surface area (Å²) < 4.78 is 22.6. The summed E-state index contributed by atoms with van der Waals surface area (Å²) in [5.74, 6) is -0.542. The highest BCUT2D eigenvalue weighted by atomic mass is 31.2. The number of imide groups is 1. The zero-order valence-electron chi connectivity index (χ0n) is 26.4. The molecular weight excluding hydrogens is 551 g/mol. The first-order valence-electron chi connectivity index (χ1n) is 16.1. The third kappa shape index (κ3) is 16.7. The zero-order chi connectivity index (χ0) is 30.7. The maximum Gasteiger partial charge on any atom is 0.472 e. The van der Waals surface area contributed by atoms with Gasteiger partial charge < -0.3 is 9.38 Å². The second-order valence-corrected chi connectivity index (χ2v) is 14.0. The quantitative estimate of drug-likeness (QED) is 0.0529. The molecule has 1 aliphatic rings. The molecule has 238 valence electrons. The molecule has 2 rings (SSSR count). The molecule has 0 aromatic heterocycles. The van der Waals surface area contributed by atoms with E-state index in [1.54, 1.807) is 0 Å². The van der Waals surface area contributed by atoms with E-state index in [4.69, 9.17) is 9.05 Å². The lowest BCUT2D eigenvalue weighted by molar-refractivity contribution is -0.870. The summed E-state index contributed by atoms with van der Waals surface area (Å²) in [6.07, 6.45) is 23.5. The van der Waals surface area contributed by atoms with E-state index in [0.29, 0.717) is 16.7 Å². The Morgan fingerprint density at radius 2 is 1.05 bits per heavy atom. The van der Waals surface area contributed by atoms with Crippen molar-refractivity contribution >= 4 is 25.3 Å².